The van der Waals surface area contributed by atoms with Crippen molar-refractivity contribution in [2.24, 2.45) is 0 Å². The van der Waals surface area contributed by atoms with Crippen LogP contribution < -0.4 is 5.32 Å². The quantitative estimate of drug-likeness (QED) is 0.552. The van der Waals surface area contributed by atoms with E-state index in [1.54, 1.807) is 24.3 Å². The molecule has 7 heteroatoms. The molecule has 1 N–H and O–H groups in total. The van der Waals surface area contributed by atoms with Crippen molar-refractivity contribution in [2.45, 2.75) is 13.5 Å². The molecule has 1 aromatic carbocycles. The second kappa shape index (κ2) is 6.38. The molecule has 0 bridgehead atoms. The number of thiophene rings is 1. The number of anilines is 1. The topological polar surface area (TPSA) is 60.1 Å². The smallest absolute Gasteiger partial charge is 0.273 e. The molecular formula is C18H14ClN3O2S. The van der Waals surface area contributed by atoms with Crippen molar-refractivity contribution in [1.82, 2.24) is 9.72 Å². The number of carbonyl (C=O) groups is 1. The lowest BCUT2D eigenvalue weighted by molar-refractivity contribution is 0.101. The maximum absolute atomic E-state index is 12.7. The van der Waals surface area contributed by atoms with Gasteiger partial charge in [0.15, 0.2) is 5.82 Å². The highest BCUT2D eigenvalue weighted by molar-refractivity contribution is 7.17. The number of aryl methyl sites for hydroxylation is 1. The minimum atomic E-state index is -0.217. The number of benzene rings is 1. The summed E-state index contributed by atoms with van der Waals surface area (Å²) < 4.78 is 8.06. The van der Waals surface area contributed by atoms with Crippen LogP contribution in [0.5, 0.6) is 0 Å². The number of aromatic nitrogens is 2. The predicted octanol–water partition coefficient (Wildman–Crippen LogP) is 4.95. The predicted molar refractivity (Wildman–Crippen MR) is 99.6 cm³/mol. The molecule has 4 aromatic rings. The molecule has 5 nitrogen and oxygen atoms in total. The van der Waals surface area contributed by atoms with Gasteiger partial charge in [-0.25, -0.2) is 0 Å². The zero-order chi connectivity index (χ0) is 17.4. The van der Waals surface area contributed by atoms with E-state index < -0.39 is 0 Å². The van der Waals surface area contributed by atoms with Crippen molar-refractivity contribution >= 4 is 44.9 Å². The monoisotopic (exact) mass is 371 g/mol. The molecule has 25 heavy (non-hydrogen) atoms. The summed E-state index contributed by atoms with van der Waals surface area (Å²) in [6.45, 7) is 2.36. The van der Waals surface area contributed by atoms with E-state index in [1.165, 1.54) is 0 Å². The summed E-state index contributed by atoms with van der Waals surface area (Å²) in [7, 11) is 0. The molecule has 0 unspecified atom stereocenters. The Hall–Kier alpha value is -2.57. The average Bonchev–Trinajstić information content (AvgIpc) is 3.27. The number of carbonyl (C=O) groups excluding carboxylic acids is 1. The highest BCUT2D eigenvalue weighted by Crippen LogP contribution is 2.27. The number of fused-ring (bicyclic) bond motifs is 1. The first-order valence-corrected chi connectivity index (χ1v) is 8.92. The molecular weight excluding hydrogens is 358 g/mol. The Morgan fingerprint density at radius 2 is 2.08 bits per heavy atom. The fourth-order valence-corrected chi connectivity index (χ4v) is 3.66. The van der Waals surface area contributed by atoms with Gasteiger partial charge in [0.1, 0.15) is 11.5 Å². The van der Waals surface area contributed by atoms with Gasteiger partial charge in [0.25, 0.3) is 5.91 Å². The minimum absolute atomic E-state index is 0.217. The Balaban J connectivity index is 1.69. The molecule has 126 valence electrons. The van der Waals surface area contributed by atoms with E-state index in [-0.39, 0.29) is 5.91 Å². The van der Waals surface area contributed by atoms with E-state index >= 15 is 0 Å². The Morgan fingerprint density at radius 3 is 2.80 bits per heavy atom. The van der Waals surface area contributed by atoms with Crippen LogP contribution in [0, 0.1) is 6.92 Å². The number of hydrogen-bond acceptors (Lipinski definition) is 4. The van der Waals surface area contributed by atoms with Crippen LogP contribution in [0.4, 0.5) is 5.82 Å². The largest absolute Gasteiger partial charge is 0.360 e. The van der Waals surface area contributed by atoms with E-state index in [9.17, 15) is 4.79 Å². The van der Waals surface area contributed by atoms with Crippen LogP contribution in [-0.2, 0) is 6.54 Å². The molecule has 1 amide bonds. The van der Waals surface area contributed by atoms with Gasteiger partial charge in [-0.2, -0.15) is 0 Å². The van der Waals surface area contributed by atoms with Crippen LogP contribution in [0.15, 0.2) is 52.4 Å². The Bertz CT molecular complexity index is 1050. The second-order valence-corrected chi connectivity index (χ2v) is 7.07. The van der Waals surface area contributed by atoms with Gasteiger partial charge >= 0.3 is 0 Å². The lowest BCUT2D eigenvalue weighted by Gasteiger charge is -2.10. The maximum Gasteiger partial charge on any atom is 0.273 e. The number of hydrogen-bond donors (Lipinski definition) is 1. The zero-order valence-electron chi connectivity index (χ0n) is 13.3. The van der Waals surface area contributed by atoms with Crippen molar-refractivity contribution in [1.29, 1.82) is 0 Å². The SMILES string of the molecule is Cc1cc(NC(=O)c2cc3sccc3n2Cc2ccc(Cl)cc2)no1. The fourth-order valence-electron chi connectivity index (χ4n) is 2.71. The van der Waals surface area contributed by atoms with Gasteiger partial charge in [-0.1, -0.05) is 28.9 Å². The van der Waals surface area contributed by atoms with Crippen molar-refractivity contribution in [3.63, 3.8) is 0 Å². The first kappa shape index (κ1) is 15.9. The number of nitrogens with one attached hydrogen (secondary N) is 1. The molecule has 0 aliphatic rings. The molecule has 4 rings (SSSR count). The van der Waals surface area contributed by atoms with E-state index in [0.717, 1.165) is 15.8 Å². The van der Waals surface area contributed by atoms with E-state index in [2.05, 4.69) is 10.5 Å². The van der Waals surface area contributed by atoms with Crippen LogP contribution in [0.3, 0.4) is 0 Å². The Morgan fingerprint density at radius 1 is 1.28 bits per heavy atom. The molecule has 3 heterocycles. The average molecular weight is 372 g/mol. The lowest BCUT2D eigenvalue weighted by atomic mass is 10.2. The molecule has 0 spiro atoms. The number of halogens is 1. The van der Waals surface area contributed by atoms with Crippen LogP contribution in [0.1, 0.15) is 21.8 Å². The molecule has 3 aromatic heterocycles. The first-order chi connectivity index (χ1) is 12.1. The number of nitrogens with zero attached hydrogens (tertiary/aromatic N) is 2. The standard InChI is InChI=1S/C18H14ClN3O2S/c1-11-8-17(21-24-11)20-18(23)15-9-16-14(6-7-25-16)22(15)10-12-2-4-13(19)5-3-12/h2-9H,10H2,1H3,(H,20,21,23). The molecule has 0 atom stereocenters. The second-order valence-electron chi connectivity index (χ2n) is 5.69. The fraction of sp³-hybridized carbons (Fsp3) is 0.111. The normalized spacial score (nSPS) is 11.1. The van der Waals surface area contributed by atoms with Gasteiger partial charge in [0.2, 0.25) is 0 Å². The molecule has 0 aliphatic carbocycles. The summed E-state index contributed by atoms with van der Waals surface area (Å²) >= 11 is 7.57. The van der Waals surface area contributed by atoms with Gasteiger partial charge in [-0.05, 0) is 42.1 Å². The number of amides is 1. The summed E-state index contributed by atoms with van der Waals surface area (Å²) in [6.07, 6.45) is 0. The van der Waals surface area contributed by atoms with Crippen LogP contribution in [0.25, 0.3) is 10.2 Å². The van der Waals surface area contributed by atoms with Gasteiger partial charge in [-0.15, -0.1) is 11.3 Å². The molecule has 0 aliphatic heterocycles. The summed E-state index contributed by atoms with van der Waals surface area (Å²) in [5.41, 5.74) is 2.68. The Labute approximate surface area is 152 Å². The third kappa shape index (κ3) is 3.18. The highest BCUT2D eigenvalue weighted by Gasteiger charge is 2.18. The van der Waals surface area contributed by atoms with Crippen LogP contribution in [0.2, 0.25) is 5.02 Å². The van der Waals surface area contributed by atoms with Crippen molar-refractivity contribution in [2.75, 3.05) is 5.32 Å². The van der Waals surface area contributed by atoms with Crippen molar-refractivity contribution in [3.05, 3.63) is 69.9 Å². The van der Waals surface area contributed by atoms with Crippen LogP contribution >= 0.6 is 22.9 Å². The molecule has 0 fully saturated rings. The molecule has 0 saturated carbocycles. The van der Waals surface area contributed by atoms with E-state index in [0.29, 0.717) is 28.8 Å². The molecule has 0 saturated heterocycles. The molecule has 0 radical (unpaired) electrons. The maximum atomic E-state index is 12.7. The van der Waals surface area contributed by atoms with Crippen molar-refractivity contribution in [3.8, 4) is 0 Å². The minimum Gasteiger partial charge on any atom is -0.360 e. The summed E-state index contributed by atoms with van der Waals surface area (Å²) in [6, 6.07) is 13.2. The Kier molecular flexibility index (Phi) is 4.07. The van der Waals surface area contributed by atoms with Crippen molar-refractivity contribution < 1.29 is 9.32 Å². The number of rotatable bonds is 4. The van der Waals surface area contributed by atoms with Gasteiger partial charge in [0.05, 0.1) is 10.2 Å². The zero-order valence-corrected chi connectivity index (χ0v) is 14.9. The van der Waals surface area contributed by atoms with E-state index in [1.807, 2.05) is 46.3 Å². The lowest BCUT2D eigenvalue weighted by Crippen LogP contribution is -2.17. The first-order valence-electron chi connectivity index (χ1n) is 7.66. The van der Waals surface area contributed by atoms with Gasteiger partial charge < -0.3 is 14.4 Å². The summed E-state index contributed by atoms with van der Waals surface area (Å²) in [5, 5.41) is 9.31. The van der Waals surface area contributed by atoms with Gasteiger partial charge in [0, 0.05) is 17.6 Å². The van der Waals surface area contributed by atoms with E-state index in [4.69, 9.17) is 16.1 Å². The summed E-state index contributed by atoms with van der Waals surface area (Å²) in [4.78, 5) is 12.7. The van der Waals surface area contributed by atoms with Crippen LogP contribution in [-0.4, -0.2) is 15.6 Å². The third-order valence-electron chi connectivity index (χ3n) is 3.88. The highest BCUT2D eigenvalue weighted by atomic mass is 35.5. The third-order valence-corrected chi connectivity index (χ3v) is 4.98. The summed E-state index contributed by atoms with van der Waals surface area (Å²) in [5.74, 6) is 0.837. The van der Waals surface area contributed by atoms with Gasteiger partial charge in [-0.3, -0.25) is 4.79 Å².